The lowest BCUT2D eigenvalue weighted by molar-refractivity contribution is -0.122. The van der Waals surface area contributed by atoms with E-state index in [1.807, 2.05) is 0 Å². The Kier molecular flexibility index (Phi) is 6.35. The second kappa shape index (κ2) is 9.21. The van der Waals surface area contributed by atoms with Gasteiger partial charge in [0.1, 0.15) is 17.2 Å². The largest absolute Gasteiger partial charge is 0.497 e. The zero-order chi connectivity index (χ0) is 23.6. The second-order valence-electron chi connectivity index (χ2n) is 7.12. The van der Waals surface area contributed by atoms with Crippen LogP contribution in [0.2, 0.25) is 5.02 Å². The van der Waals surface area contributed by atoms with Gasteiger partial charge < -0.3 is 19.5 Å². The van der Waals surface area contributed by atoms with E-state index in [0.717, 1.165) is 0 Å². The molecule has 0 radical (unpaired) electrons. The fourth-order valence-electron chi connectivity index (χ4n) is 3.41. The topological polar surface area (TPSA) is 94.2 Å². The number of hydrogen-bond acceptors (Lipinski definition) is 6. The summed E-state index contributed by atoms with van der Waals surface area (Å²) in [5, 5.41) is 3.05. The van der Waals surface area contributed by atoms with Crippen molar-refractivity contribution >= 4 is 38.9 Å². The molecule has 0 aliphatic carbocycles. The number of rotatable bonds is 6. The van der Waals surface area contributed by atoms with Gasteiger partial charge in [0, 0.05) is 5.69 Å². The van der Waals surface area contributed by atoms with Crippen LogP contribution >= 0.6 is 11.6 Å². The van der Waals surface area contributed by atoms with Gasteiger partial charge in [0.15, 0.2) is 6.10 Å². The molecule has 1 atom stereocenters. The molecule has 0 bridgehead atoms. The first-order chi connectivity index (χ1) is 15.8. The van der Waals surface area contributed by atoms with Crippen molar-refractivity contribution in [2.45, 2.75) is 11.0 Å². The second-order valence-corrected chi connectivity index (χ2v) is 9.39. The van der Waals surface area contributed by atoms with Crippen molar-refractivity contribution in [2.75, 3.05) is 30.4 Å². The summed E-state index contributed by atoms with van der Waals surface area (Å²) in [7, 11) is -0.984. The van der Waals surface area contributed by atoms with Gasteiger partial charge >= 0.3 is 0 Å². The molecule has 0 unspecified atom stereocenters. The van der Waals surface area contributed by atoms with Crippen LogP contribution in [-0.4, -0.2) is 41.2 Å². The number of carbonyl (C=O) groups excluding carboxylic acids is 1. The highest BCUT2D eigenvalue weighted by molar-refractivity contribution is 7.92. The van der Waals surface area contributed by atoms with E-state index >= 15 is 0 Å². The van der Waals surface area contributed by atoms with Crippen molar-refractivity contribution in [3.63, 3.8) is 0 Å². The molecule has 172 valence electrons. The van der Waals surface area contributed by atoms with Crippen LogP contribution in [0.1, 0.15) is 0 Å². The van der Waals surface area contributed by atoms with E-state index in [1.54, 1.807) is 54.6 Å². The summed E-state index contributed by atoms with van der Waals surface area (Å²) >= 11 is 6.13. The van der Waals surface area contributed by atoms with Crippen molar-refractivity contribution < 1.29 is 27.4 Å². The summed E-state index contributed by atoms with van der Waals surface area (Å²) < 4.78 is 44.2. The quantitative estimate of drug-likeness (QED) is 0.564. The van der Waals surface area contributed by atoms with Gasteiger partial charge in [0.05, 0.1) is 36.4 Å². The van der Waals surface area contributed by atoms with Crippen molar-refractivity contribution in [1.29, 1.82) is 0 Å². The van der Waals surface area contributed by atoms with E-state index in [0.29, 0.717) is 27.9 Å². The molecule has 8 nitrogen and oxygen atoms in total. The number of anilines is 2. The van der Waals surface area contributed by atoms with Gasteiger partial charge in [-0.3, -0.25) is 9.10 Å². The van der Waals surface area contributed by atoms with E-state index < -0.39 is 22.0 Å². The van der Waals surface area contributed by atoms with Crippen LogP contribution in [0.4, 0.5) is 11.4 Å². The molecule has 3 aromatic carbocycles. The van der Waals surface area contributed by atoms with Crippen LogP contribution < -0.4 is 23.8 Å². The van der Waals surface area contributed by atoms with E-state index in [1.165, 1.54) is 30.7 Å². The van der Waals surface area contributed by atoms with E-state index in [4.69, 9.17) is 25.8 Å². The van der Waals surface area contributed by atoms with Crippen LogP contribution in [0.3, 0.4) is 0 Å². The molecule has 10 heteroatoms. The minimum atomic E-state index is -3.98. The summed E-state index contributed by atoms with van der Waals surface area (Å²) in [5.41, 5.74) is 0.780. The first kappa shape index (κ1) is 22.8. The van der Waals surface area contributed by atoms with Gasteiger partial charge in [-0.1, -0.05) is 23.7 Å². The Morgan fingerprint density at radius 2 is 1.79 bits per heavy atom. The number of sulfonamides is 1. The maximum absolute atomic E-state index is 13.5. The molecule has 1 aliphatic rings. The number of hydrogen-bond donors (Lipinski definition) is 1. The maximum atomic E-state index is 13.5. The smallest absolute Gasteiger partial charge is 0.267 e. The van der Waals surface area contributed by atoms with E-state index in [2.05, 4.69) is 5.32 Å². The lowest BCUT2D eigenvalue weighted by Gasteiger charge is -2.34. The summed E-state index contributed by atoms with van der Waals surface area (Å²) in [6, 6.07) is 17.5. The molecular weight excluding hydrogens is 468 g/mol. The van der Waals surface area contributed by atoms with Crippen LogP contribution in [-0.2, 0) is 14.8 Å². The molecule has 0 spiro atoms. The average molecular weight is 489 g/mol. The molecule has 0 aromatic heterocycles. The highest BCUT2D eigenvalue weighted by Gasteiger charge is 2.37. The van der Waals surface area contributed by atoms with Crippen LogP contribution in [0.25, 0.3) is 0 Å². The van der Waals surface area contributed by atoms with E-state index in [-0.39, 0.29) is 17.2 Å². The molecule has 1 aliphatic heterocycles. The molecule has 33 heavy (non-hydrogen) atoms. The number of amides is 1. The van der Waals surface area contributed by atoms with Crippen molar-refractivity contribution in [1.82, 2.24) is 0 Å². The number of carbonyl (C=O) groups is 1. The van der Waals surface area contributed by atoms with Crippen LogP contribution in [0, 0.1) is 0 Å². The number of nitrogens with zero attached hydrogens (tertiary/aromatic N) is 1. The fourth-order valence-corrected chi connectivity index (χ4v) is 5.14. The minimum Gasteiger partial charge on any atom is -0.497 e. The van der Waals surface area contributed by atoms with Crippen LogP contribution in [0.5, 0.6) is 17.2 Å². The standard InChI is InChI=1S/C23H21ClN2O6S/c1-30-16-8-10-17(11-9-16)33(28,29)26-14-22(32-21-6-4-3-5-19(21)26)23(27)25-15-7-12-20(31-2)18(24)13-15/h3-13,22H,14H2,1-2H3,(H,25,27)/t22-/m1/s1. The number of halogens is 1. The summed E-state index contributed by atoms with van der Waals surface area (Å²) in [6.07, 6.45) is -1.09. The first-order valence-electron chi connectivity index (χ1n) is 9.90. The maximum Gasteiger partial charge on any atom is 0.267 e. The third-order valence-corrected chi connectivity index (χ3v) is 7.18. The highest BCUT2D eigenvalue weighted by Crippen LogP contribution is 2.37. The van der Waals surface area contributed by atoms with E-state index in [9.17, 15) is 13.2 Å². The van der Waals surface area contributed by atoms with Crippen LogP contribution in [0.15, 0.2) is 71.6 Å². The predicted octanol–water partition coefficient (Wildman–Crippen LogP) is 3.95. The Morgan fingerprint density at radius 3 is 2.45 bits per heavy atom. The van der Waals surface area contributed by atoms with Gasteiger partial charge in [0.25, 0.3) is 15.9 Å². The highest BCUT2D eigenvalue weighted by atomic mass is 35.5. The number of para-hydroxylation sites is 2. The lowest BCUT2D eigenvalue weighted by atomic mass is 10.2. The van der Waals surface area contributed by atoms with Gasteiger partial charge in [0.2, 0.25) is 0 Å². The number of ether oxygens (including phenoxy) is 3. The monoisotopic (exact) mass is 488 g/mol. The van der Waals surface area contributed by atoms with Gasteiger partial charge in [-0.25, -0.2) is 8.42 Å². The van der Waals surface area contributed by atoms with Gasteiger partial charge in [-0.2, -0.15) is 0 Å². The Hall–Kier alpha value is -3.43. The summed E-state index contributed by atoms with van der Waals surface area (Å²) in [6.45, 7) is -0.207. The fraction of sp³-hybridized carbons (Fsp3) is 0.174. The molecule has 3 aromatic rings. The third kappa shape index (κ3) is 4.55. The van der Waals surface area contributed by atoms with Crippen molar-refractivity contribution in [3.8, 4) is 17.2 Å². The molecule has 0 saturated heterocycles. The van der Waals surface area contributed by atoms with Crippen molar-refractivity contribution in [2.24, 2.45) is 0 Å². The average Bonchev–Trinajstić information content (AvgIpc) is 2.83. The van der Waals surface area contributed by atoms with Gasteiger partial charge in [-0.05, 0) is 54.6 Å². The number of methoxy groups -OCH3 is 2. The molecule has 4 rings (SSSR count). The number of nitrogens with one attached hydrogen (secondary N) is 1. The summed E-state index contributed by atoms with van der Waals surface area (Å²) in [4.78, 5) is 13.1. The predicted molar refractivity (Wildman–Crippen MR) is 125 cm³/mol. The number of benzene rings is 3. The molecule has 1 heterocycles. The Bertz CT molecular complexity index is 1280. The minimum absolute atomic E-state index is 0.0705. The molecule has 0 fully saturated rings. The lowest BCUT2D eigenvalue weighted by Crippen LogP contribution is -2.48. The zero-order valence-corrected chi connectivity index (χ0v) is 19.4. The van der Waals surface area contributed by atoms with Crippen molar-refractivity contribution in [3.05, 3.63) is 71.8 Å². The van der Waals surface area contributed by atoms with Gasteiger partial charge in [-0.15, -0.1) is 0 Å². The molecular formula is C23H21ClN2O6S. The molecule has 1 N–H and O–H groups in total. The summed E-state index contributed by atoms with van der Waals surface area (Å²) in [5.74, 6) is 0.774. The first-order valence-corrected chi connectivity index (χ1v) is 11.7. The Balaban J connectivity index is 1.63. The molecule has 1 amide bonds. The Labute approximate surface area is 196 Å². The SMILES string of the molecule is COc1ccc(S(=O)(=O)N2C[C@H](C(=O)Nc3ccc(OC)c(Cl)c3)Oc3ccccc32)cc1. The zero-order valence-electron chi connectivity index (χ0n) is 17.8. The Morgan fingerprint density at radius 1 is 1.06 bits per heavy atom. The molecule has 0 saturated carbocycles. The third-order valence-electron chi connectivity index (χ3n) is 5.09. The normalized spacial score (nSPS) is 15.2. The number of fused-ring (bicyclic) bond motifs is 1.